The number of benzene rings is 1. The molecule has 0 fully saturated rings. The maximum absolute atomic E-state index is 9.21. The highest BCUT2D eigenvalue weighted by atomic mass is 16.5. The molecule has 0 radical (unpaired) electrons. The van der Waals surface area contributed by atoms with Crippen molar-refractivity contribution in [3.8, 4) is 5.75 Å². The topological polar surface area (TPSA) is 61.7 Å². The Morgan fingerprint density at radius 2 is 1.94 bits per heavy atom. The molecule has 0 saturated carbocycles. The highest BCUT2D eigenvalue weighted by Crippen LogP contribution is 2.17. The average molecular weight is 253 g/mol. The maximum atomic E-state index is 9.21. The number of aliphatic hydroxyl groups excluding tert-OH is 2. The second-order valence-electron chi connectivity index (χ2n) is 4.60. The van der Waals surface area contributed by atoms with Crippen LogP contribution in [0.25, 0.3) is 0 Å². The van der Waals surface area contributed by atoms with Gasteiger partial charge < -0.3 is 20.3 Å². The van der Waals surface area contributed by atoms with Crippen LogP contribution in [0.5, 0.6) is 5.75 Å². The van der Waals surface area contributed by atoms with Crippen molar-refractivity contribution in [2.75, 3.05) is 13.2 Å². The van der Waals surface area contributed by atoms with Gasteiger partial charge in [0.1, 0.15) is 5.75 Å². The first-order chi connectivity index (χ1) is 8.67. The summed E-state index contributed by atoms with van der Waals surface area (Å²) in [7, 11) is 0. The van der Waals surface area contributed by atoms with Crippen molar-refractivity contribution in [3.63, 3.8) is 0 Å². The Morgan fingerprint density at radius 3 is 2.56 bits per heavy atom. The number of aliphatic hydroxyl groups is 2. The third-order valence-corrected chi connectivity index (χ3v) is 2.66. The van der Waals surface area contributed by atoms with E-state index in [0.29, 0.717) is 18.4 Å². The maximum Gasteiger partial charge on any atom is 0.124 e. The molecule has 0 aliphatic carbocycles. The Morgan fingerprint density at radius 1 is 1.22 bits per heavy atom. The number of ether oxygens (including phenoxy) is 1. The van der Waals surface area contributed by atoms with E-state index >= 15 is 0 Å². The van der Waals surface area contributed by atoms with Gasteiger partial charge in [-0.1, -0.05) is 32.0 Å². The standard InChI is InChI=1S/C14H23NO3/c1-11(2)15-13(10-17)7-8-18-14-6-4-3-5-12(14)9-16/h3-6,11,13,15-17H,7-10H2,1-2H3. The predicted molar refractivity (Wildman–Crippen MR) is 71.6 cm³/mol. The summed E-state index contributed by atoms with van der Waals surface area (Å²) in [5.74, 6) is 0.709. The van der Waals surface area contributed by atoms with Crippen LogP contribution in [-0.2, 0) is 6.61 Å². The monoisotopic (exact) mass is 253 g/mol. The van der Waals surface area contributed by atoms with Gasteiger partial charge in [0.05, 0.1) is 19.8 Å². The Balaban J connectivity index is 2.40. The van der Waals surface area contributed by atoms with E-state index in [1.165, 1.54) is 0 Å². The van der Waals surface area contributed by atoms with E-state index in [9.17, 15) is 5.11 Å². The summed E-state index contributed by atoms with van der Waals surface area (Å²) < 4.78 is 5.63. The molecular formula is C14H23NO3. The Kier molecular flexibility index (Phi) is 6.72. The summed E-state index contributed by atoms with van der Waals surface area (Å²) >= 11 is 0. The molecular weight excluding hydrogens is 230 g/mol. The van der Waals surface area contributed by atoms with Crippen molar-refractivity contribution in [1.29, 1.82) is 0 Å². The van der Waals surface area contributed by atoms with Crippen molar-refractivity contribution in [2.45, 2.75) is 39.0 Å². The molecule has 0 aliphatic heterocycles. The van der Waals surface area contributed by atoms with Crippen molar-refractivity contribution in [3.05, 3.63) is 29.8 Å². The van der Waals surface area contributed by atoms with Gasteiger partial charge >= 0.3 is 0 Å². The molecule has 4 heteroatoms. The van der Waals surface area contributed by atoms with Crippen molar-refractivity contribution < 1.29 is 14.9 Å². The summed E-state index contributed by atoms with van der Waals surface area (Å²) in [6.07, 6.45) is 0.731. The summed E-state index contributed by atoms with van der Waals surface area (Å²) in [5.41, 5.74) is 0.787. The van der Waals surface area contributed by atoms with Gasteiger partial charge in [0, 0.05) is 17.6 Å². The lowest BCUT2D eigenvalue weighted by Gasteiger charge is -2.19. The molecule has 0 bridgehead atoms. The van der Waals surface area contributed by atoms with E-state index in [0.717, 1.165) is 12.0 Å². The summed E-state index contributed by atoms with van der Waals surface area (Å²) in [6.45, 7) is 4.68. The Labute approximate surface area is 109 Å². The second-order valence-corrected chi connectivity index (χ2v) is 4.60. The molecule has 18 heavy (non-hydrogen) atoms. The van der Waals surface area contributed by atoms with Gasteiger partial charge in [0.25, 0.3) is 0 Å². The van der Waals surface area contributed by atoms with Crippen LogP contribution in [-0.4, -0.2) is 35.5 Å². The molecule has 4 nitrogen and oxygen atoms in total. The van der Waals surface area contributed by atoms with Gasteiger partial charge in [-0.05, 0) is 12.5 Å². The van der Waals surface area contributed by atoms with E-state index < -0.39 is 0 Å². The molecule has 1 rings (SSSR count). The molecule has 102 valence electrons. The van der Waals surface area contributed by atoms with Crippen LogP contribution in [0.2, 0.25) is 0 Å². The Bertz CT molecular complexity index is 342. The third-order valence-electron chi connectivity index (χ3n) is 2.66. The smallest absolute Gasteiger partial charge is 0.124 e. The number of nitrogens with one attached hydrogen (secondary N) is 1. The molecule has 1 aromatic carbocycles. The van der Waals surface area contributed by atoms with E-state index in [-0.39, 0.29) is 19.3 Å². The quantitative estimate of drug-likeness (QED) is 0.653. The van der Waals surface area contributed by atoms with E-state index in [1.807, 2.05) is 38.1 Å². The van der Waals surface area contributed by atoms with Gasteiger partial charge in [0.15, 0.2) is 0 Å². The second kappa shape index (κ2) is 8.08. The first kappa shape index (κ1) is 15.0. The van der Waals surface area contributed by atoms with Crippen LogP contribution in [0.15, 0.2) is 24.3 Å². The number of para-hydroxylation sites is 1. The van der Waals surface area contributed by atoms with Crippen LogP contribution < -0.4 is 10.1 Å². The predicted octanol–water partition coefficient (Wildman–Crippen LogP) is 1.31. The lowest BCUT2D eigenvalue weighted by atomic mass is 10.2. The fourth-order valence-corrected chi connectivity index (χ4v) is 1.79. The van der Waals surface area contributed by atoms with E-state index in [4.69, 9.17) is 9.84 Å². The first-order valence-corrected chi connectivity index (χ1v) is 6.35. The molecule has 0 heterocycles. The SMILES string of the molecule is CC(C)NC(CO)CCOc1ccccc1CO. The lowest BCUT2D eigenvalue weighted by molar-refractivity contribution is 0.199. The molecule has 0 aliphatic rings. The molecule has 0 spiro atoms. The zero-order valence-electron chi connectivity index (χ0n) is 11.1. The number of hydrogen-bond donors (Lipinski definition) is 3. The average Bonchev–Trinajstić information content (AvgIpc) is 2.37. The molecule has 3 N–H and O–H groups in total. The van der Waals surface area contributed by atoms with Crippen LogP contribution in [0, 0.1) is 0 Å². The molecule has 0 saturated heterocycles. The summed E-state index contributed by atoms with van der Waals surface area (Å²) in [5, 5.41) is 21.6. The Hall–Kier alpha value is -1.10. The van der Waals surface area contributed by atoms with Crippen LogP contribution >= 0.6 is 0 Å². The van der Waals surface area contributed by atoms with Crippen LogP contribution in [0.3, 0.4) is 0 Å². The highest BCUT2D eigenvalue weighted by molar-refractivity contribution is 5.32. The van der Waals surface area contributed by atoms with Gasteiger partial charge in [0.2, 0.25) is 0 Å². The lowest BCUT2D eigenvalue weighted by Crippen LogP contribution is -2.38. The van der Waals surface area contributed by atoms with Crippen molar-refractivity contribution >= 4 is 0 Å². The number of rotatable bonds is 8. The van der Waals surface area contributed by atoms with E-state index in [2.05, 4.69) is 5.32 Å². The zero-order chi connectivity index (χ0) is 13.4. The summed E-state index contributed by atoms with van der Waals surface area (Å²) in [6, 6.07) is 7.82. The first-order valence-electron chi connectivity index (χ1n) is 6.35. The van der Waals surface area contributed by atoms with Gasteiger partial charge in [-0.3, -0.25) is 0 Å². The van der Waals surface area contributed by atoms with Crippen LogP contribution in [0.4, 0.5) is 0 Å². The van der Waals surface area contributed by atoms with Gasteiger partial charge in [-0.15, -0.1) is 0 Å². The molecule has 1 aromatic rings. The minimum atomic E-state index is -0.0240. The third kappa shape index (κ3) is 5.04. The molecule has 0 aromatic heterocycles. The minimum Gasteiger partial charge on any atom is -0.493 e. The van der Waals surface area contributed by atoms with Gasteiger partial charge in [-0.2, -0.15) is 0 Å². The van der Waals surface area contributed by atoms with Crippen molar-refractivity contribution in [2.24, 2.45) is 0 Å². The number of hydrogen-bond acceptors (Lipinski definition) is 4. The van der Waals surface area contributed by atoms with E-state index in [1.54, 1.807) is 0 Å². The zero-order valence-corrected chi connectivity index (χ0v) is 11.1. The van der Waals surface area contributed by atoms with Crippen molar-refractivity contribution in [1.82, 2.24) is 5.32 Å². The molecule has 1 atom stereocenters. The van der Waals surface area contributed by atoms with Crippen LogP contribution in [0.1, 0.15) is 25.8 Å². The largest absolute Gasteiger partial charge is 0.493 e. The summed E-state index contributed by atoms with van der Waals surface area (Å²) in [4.78, 5) is 0. The highest BCUT2D eigenvalue weighted by Gasteiger charge is 2.09. The molecule has 1 unspecified atom stereocenters. The normalized spacial score (nSPS) is 12.7. The molecule has 0 amide bonds. The van der Waals surface area contributed by atoms with Gasteiger partial charge in [-0.25, -0.2) is 0 Å². The fourth-order valence-electron chi connectivity index (χ4n) is 1.79. The minimum absolute atomic E-state index is 0.0240. The fraction of sp³-hybridized carbons (Fsp3) is 0.571.